The van der Waals surface area contributed by atoms with Gasteiger partial charge in [0, 0.05) is 0 Å². The van der Waals surface area contributed by atoms with Gasteiger partial charge in [-0.3, -0.25) is 32.1 Å². The fraction of sp³-hybridized carbons (Fsp3) is 0. The van der Waals surface area contributed by atoms with Crippen LogP contribution < -0.4 is 16.4 Å². The third-order valence-corrected chi connectivity index (χ3v) is 2.71. The molecule has 0 heterocycles. The summed E-state index contributed by atoms with van der Waals surface area (Å²) in [7, 11) is -4.64. The second kappa shape index (κ2) is 16.0. The van der Waals surface area contributed by atoms with E-state index in [1.54, 1.807) is 36.4 Å². The van der Waals surface area contributed by atoms with Crippen molar-refractivity contribution >= 4 is 24.9 Å². The Morgan fingerprint density at radius 2 is 0.655 bits per heavy atom. The molecule has 3 aromatic rings. The summed E-state index contributed by atoms with van der Waals surface area (Å²) in [6.07, 6.45) is 0. The van der Waals surface area contributed by atoms with Gasteiger partial charge < -0.3 is 14.7 Å². The molecule has 0 radical (unpaired) electrons. The molecule has 0 aliphatic heterocycles. The predicted molar refractivity (Wildman–Crippen MR) is 110 cm³/mol. The lowest BCUT2D eigenvalue weighted by Gasteiger charge is -1.92. The van der Waals surface area contributed by atoms with Crippen molar-refractivity contribution < 1.29 is 34.9 Å². The van der Waals surface area contributed by atoms with E-state index >= 15 is 0 Å². The Kier molecular flexibility index (Phi) is 14.4. The zero-order valence-electron chi connectivity index (χ0n) is 15.2. The zero-order chi connectivity index (χ0) is 22.0. The number of anilines is 3. The molecule has 0 bridgehead atoms. The van der Waals surface area contributed by atoms with Crippen LogP contribution in [-0.2, 0) is 4.57 Å². The molecule has 158 valence electrons. The molecule has 11 heteroatoms. The quantitative estimate of drug-likeness (QED) is 0.223. The van der Waals surface area contributed by atoms with Crippen molar-refractivity contribution in [2.75, 3.05) is 16.4 Å². The Balaban J connectivity index is 0.000000367. The zero-order valence-corrected chi connectivity index (χ0v) is 16.1. The van der Waals surface area contributed by atoms with Gasteiger partial charge in [0.15, 0.2) is 0 Å². The summed E-state index contributed by atoms with van der Waals surface area (Å²) in [5.74, 6) is 0. The minimum absolute atomic E-state index is 0.715. The summed E-state index contributed by atoms with van der Waals surface area (Å²) in [4.78, 5) is 21.6. The molecule has 0 saturated heterocycles. The molecule has 29 heavy (non-hydrogen) atoms. The summed E-state index contributed by atoms with van der Waals surface area (Å²) in [5.41, 5.74) is 8.23. The minimum Gasteiger partial charge on any atom is -0.303 e. The van der Waals surface area contributed by atoms with Crippen LogP contribution in [0.15, 0.2) is 91.0 Å². The number of benzene rings is 3. The van der Waals surface area contributed by atoms with Crippen molar-refractivity contribution in [3.63, 3.8) is 0 Å². The fourth-order valence-corrected chi connectivity index (χ4v) is 1.54. The van der Waals surface area contributed by atoms with E-state index in [0.29, 0.717) is 17.1 Å². The molecule has 10 nitrogen and oxygen atoms in total. The van der Waals surface area contributed by atoms with Crippen molar-refractivity contribution in [3.8, 4) is 0 Å². The van der Waals surface area contributed by atoms with Crippen LogP contribution in [0.25, 0.3) is 0 Å². The highest BCUT2D eigenvalue weighted by Crippen LogP contribution is 2.25. The number of rotatable bonds is 3. The van der Waals surface area contributed by atoms with Gasteiger partial charge in [-0.05, 0) is 36.4 Å². The second-order valence-corrected chi connectivity index (χ2v) is 5.97. The van der Waals surface area contributed by atoms with Gasteiger partial charge in [-0.15, -0.1) is 0 Å². The monoisotopic (exact) mass is 425 g/mol. The van der Waals surface area contributed by atoms with Crippen LogP contribution in [0.5, 0.6) is 0 Å². The molecule has 0 aliphatic carbocycles. The maximum absolute atomic E-state index is 8.88. The van der Waals surface area contributed by atoms with E-state index in [-0.39, 0.29) is 0 Å². The van der Waals surface area contributed by atoms with E-state index in [1.807, 2.05) is 71.0 Å². The first-order valence-corrected chi connectivity index (χ1v) is 9.50. The highest BCUT2D eigenvalue weighted by atomic mass is 31.2. The van der Waals surface area contributed by atoms with E-state index in [1.165, 1.54) is 0 Å². The summed E-state index contributed by atoms with van der Waals surface area (Å²) >= 11 is 0. The van der Waals surface area contributed by atoms with E-state index in [9.17, 15) is 0 Å². The number of hydrogen-bond acceptors (Lipinski definition) is 7. The standard InChI is InChI=1S/3C6H7NO.H3O4P/c3*8-7-6-4-2-1-3-5-6;1-5(2,3)4/h3*1-5,7-8H;(H3,1,2,3,4). The van der Waals surface area contributed by atoms with Gasteiger partial charge in [-0.2, -0.15) is 0 Å². The molecule has 0 amide bonds. The summed E-state index contributed by atoms with van der Waals surface area (Å²) in [5, 5.41) is 24.9. The highest BCUT2D eigenvalue weighted by Gasteiger charge is 2.00. The Morgan fingerprint density at radius 3 is 0.759 bits per heavy atom. The molecule has 0 spiro atoms. The molecule has 0 aromatic heterocycles. The van der Waals surface area contributed by atoms with Crippen LogP contribution in [0, 0.1) is 0 Å². The van der Waals surface area contributed by atoms with Gasteiger partial charge >= 0.3 is 7.82 Å². The third kappa shape index (κ3) is 18.2. The lowest BCUT2D eigenvalue weighted by atomic mass is 10.3. The lowest BCUT2D eigenvalue weighted by molar-refractivity contribution is 0.275. The largest absolute Gasteiger partial charge is 0.466 e. The smallest absolute Gasteiger partial charge is 0.303 e. The molecule has 0 saturated carbocycles. The fourth-order valence-electron chi connectivity index (χ4n) is 1.54. The number of hydrogen-bond donors (Lipinski definition) is 9. The van der Waals surface area contributed by atoms with Gasteiger partial charge in [-0.25, -0.2) is 4.57 Å². The molecule has 0 aliphatic rings. The molecule has 3 aromatic carbocycles. The summed E-state index contributed by atoms with van der Waals surface area (Å²) < 4.78 is 8.88. The molecule has 0 atom stereocenters. The number of nitrogens with one attached hydrogen (secondary N) is 3. The Hall–Kier alpha value is -2.95. The van der Waals surface area contributed by atoms with Gasteiger partial charge in [0.1, 0.15) is 0 Å². The molecular formula is C18H24N3O7P. The summed E-state index contributed by atoms with van der Waals surface area (Å²) in [6, 6.07) is 27.4. The molecule has 3 rings (SSSR count). The molecule has 9 N–H and O–H groups in total. The van der Waals surface area contributed by atoms with Crippen molar-refractivity contribution in [3.05, 3.63) is 91.0 Å². The predicted octanol–water partition coefficient (Wildman–Crippen LogP) is 3.53. The maximum Gasteiger partial charge on any atom is 0.466 e. The molecule has 0 unspecified atom stereocenters. The number of para-hydroxylation sites is 3. The van der Waals surface area contributed by atoms with E-state index in [4.69, 9.17) is 34.9 Å². The summed E-state index contributed by atoms with van der Waals surface area (Å²) in [6.45, 7) is 0. The van der Waals surface area contributed by atoms with Crippen molar-refractivity contribution in [2.24, 2.45) is 0 Å². The van der Waals surface area contributed by atoms with Gasteiger partial charge in [0.05, 0.1) is 17.1 Å². The van der Waals surface area contributed by atoms with Crippen LogP contribution in [0.4, 0.5) is 17.1 Å². The first-order chi connectivity index (χ1) is 13.8. The normalized spacial score (nSPS) is 9.17. The molecule has 0 fully saturated rings. The van der Waals surface area contributed by atoms with Gasteiger partial charge in [-0.1, -0.05) is 54.6 Å². The first kappa shape index (κ1) is 26.1. The Labute approximate surface area is 167 Å². The van der Waals surface area contributed by atoms with Crippen LogP contribution in [0.2, 0.25) is 0 Å². The van der Waals surface area contributed by atoms with Crippen LogP contribution in [0.1, 0.15) is 0 Å². The van der Waals surface area contributed by atoms with E-state index in [0.717, 1.165) is 0 Å². The Bertz CT molecular complexity index is 688. The maximum atomic E-state index is 8.88. The second-order valence-electron chi connectivity index (χ2n) is 4.95. The number of phosphoric acid groups is 1. The van der Waals surface area contributed by atoms with E-state index in [2.05, 4.69) is 0 Å². The van der Waals surface area contributed by atoms with E-state index < -0.39 is 7.82 Å². The lowest BCUT2D eigenvalue weighted by Crippen LogP contribution is -1.85. The van der Waals surface area contributed by atoms with Crippen molar-refractivity contribution in [2.45, 2.75) is 0 Å². The van der Waals surface area contributed by atoms with Crippen LogP contribution >= 0.6 is 7.82 Å². The first-order valence-electron chi connectivity index (χ1n) is 7.94. The minimum atomic E-state index is -4.64. The molecular weight excluding hydrogens is 401 g/mol. The average molecular weight is 425 g/mol. The Morgan fingerprint density at radius 1 is 0.483 bits per heavy atom. The van der Waals surface area contributed by atoms with Gasteiger partial charge in [0.25, 0.3) is 0 Å². The van der Waals surface area contributed by atoms with Crippen molar-refractivity contribution in [1.29, 1.82) is 0 Å². The third-order valence-electron chi connectivity index (χ3n) is 2.71. The average Bonchev–Trinajstić information content (AvgIpc) is 2.75. The highest BCUT2D eigenvalue weighted by molar-refractivity contribution is 7.45. The van der Waals surface area contributed by atoms with Crippen LogP contribution in [-0.4, -0.2) is 30.3 Å². The van der Waals surface area contributed by atoms with Gasteiger partial charge in [0.2, 0.25) is 0 Å². The topological polar surface area (TPSA) is 175 Å². The SMILES string of the molecule is O=P(O)(O)O.ONc1ccccc1.ONc1ccccc1.ONc1ccccc1. The van der Waals surface area contributed by atoms with Crippen molar-refractivity contribution in [1.82, 2.24) is 0 Å². The van der Waals surface area contributed by atoms with Crippen LogP contribution in [0.3, 0.4) is 0 Å².